The molecule has 1 aromatic carbocycles. The van der Waals surface area contributed by atoms with E-state index in [2.05, 4.69) is 16.4 Å². The molecule has 1 unspecified atom stereocenters. The topological polar surface area (TPSA) is 67.2 Å². The number of nitriles is 1. The average molecular weight is 271 g/mol. The SMILES string of the molecule is COCC(CNc1cc(C#N)c2ccccc2n1)OC. The van der Waals surface area contributed by atoms with Crippen molar-refractivity contribution in [2.45, 2.75) is 6.10 Å². The number of rotatable bonds is 6. The molecule has 1 N–H and O–H groups in total. The van der Waals surface area contributed by atoms with E-state index >= 15 is 0 Å². The molecule has 0 aliphatic carbocycles. The van der Waals surface area contributed by atoms with Gasteiger partial charge >= 0.3 is 0 Å². The van der Waals surface area contributed by atoms with Gasteiger partial charge in [0, 0.05) is 26.2 Å². The van der Waals surface area contributed by atoms with E-state index in [0.29, 0.717) is 24.5 Å². The first-order valence-electron chi connectivity index (χ1n) is 6.34. The van der Waals surface area contributed by atoms with E-state index in [1.54, 1.807) is 20.3 Å². The largest absolute Gasteiger partial charge is 0.382 e. The second-order valence-electron chi connectivity index (χ2n) is 4.38. The number of benzene rings is 1. The molecule has 2 aromatic rings. The number of anilines is 1. The molecule has 0 aliphatic heterocycles. The molecule has 1 heterocycles. The number of aromatic nitrogens is 1. The molecule has 104 valence electrons. The maximum absolute atomic E-state index is 9.22. The third-order valence-corrected chi connectivity index (χ3v) is 3.03. The minimum absolute atomic E-state index is 0.0567. The van der Waals surface area contributed by atoms with Gasteiger partial charge in [-0.15, -0.1) is 0 Å². The lowest BCUT2D eigenvalue weighted by Gasteiger charge is -2.15. The van der Waals surface area contributed by atoms with Crippen LogP contribution in [-0.2, 0) is 9.47 Å². The molecule has 0 saturated carbocycles. The Kier molecular flexibility index (Phi) is 4.88. The number of nitrogens with zero attached hydrogens (tertiary/aromatic N) is 2. The number of methoxy groups -OCH3 is 2. The summed E-state index contributed by atoms with van der Waals surface area (Å²) < 4.78 is 10.3. The minimum Gasteiger partial charge on any atom is -0.382 e. The maximum atomic E-state index is 9.22. The Morgan fingerprint density at radius 1 is 1.35 bits per heavy atom. The molecule has 1 aromatic heterocycles. The van der Waals surface area contributed by atoms with Gasteiger partial charge in [0.25, 0.3) is 0 Å². The lowest BCUT2D eigenvalue weighted by Crippen LogP contribution is -2.26. The van der Waals surface area contributed by atoms with Crippen LogP contribution in [0.4, 0.5) is 5.82 Å². The van der Waals surface area contributed by atoms with Crippen LogP contribution in [0.1, 0.15) is 5.56 Å². The predicted molar refractivity (Wildman–Crippen MR) is 77.6 cm³/mol. The monoisotopic (exact) mass is 271 g/mol. The van der Waals surface area contributed by atoms with Crippen LogP contribution in [0.5, 0.6) is 0 Å². The van der Waals surface area contributed by atoms with Crippen LogP contribution < -0.4 is 5.32 Å². The summed E-state index contributed by atoms with van der Waals surface area (Å²) in [5.41, 5.74) is 1.41. The molecule has 0 fully saturated rings. The Hall–Kier alpha value is -2.16. The third kappa shape index (κ3) is 3.23. The van der Waals surface area contributed by atoms with Crippen molar-refractivity contribution in [2.75, 3.05) is 32.7 Å². The van der Waals surface area contributed by atoms with Gasteiger partial charge in [0.2, 0.25) is 0 Å². The van der Waals surface area contributed by atoms with Gasteiger partial charge in [0.1, 0.15) is 5.82 Å². The van der Waals surface area contributed by atoms with Crippen LogP contribution in [-0.4, -0.2) is 38.5 Å². The fourth-order valence-corrected chi connectivity index (χ4v) is 1.97. The van der Waals surface area contributed by atoms with Gasteiger partial charge in [-0.25, -0.2) is 4.98 Å². The number of para-hydroxylation sites is 1. The fourth-order valence-electron chi connectivity index (χ4n) is 1.97. The number of ether oxygens (including phenoxy) is 2. The molecule has 5 heteroatoms. The number of hydrogen-bond acceptors (Lipinski definition) is 5. The first kappa shape index (κ1) is 14.3. The Bertz CT molecular complexity index is 622. The van der Waals surface area contributed by atoms with Gasteiger partial charge in [-0.3, -0.25) is 0 Å². The standard InChI is InChI=1S/C15H17N3O2/c1-19-10-12(20-2)9-17-15-7-11(8-16)13-5-3-4-6-14(13)18-15/h3-7,12H,9-10H2,1-2H3,(H,17,18). The average Bonchev–Trinajstić information content (AvgIpc) is 2.50. The molecule has 1 atom stereocenters. The molecule has 0 amide bonds. The minimum atomic E-state index is -0.0567. The second-order valence-corrected chi connectivity index (χ2v) is 4.38. The highest BCUT2D eigenvalue weighted by Gasteiger charge is 2.09. The van der Waals surface area contributed by atoms with Gasteiger partial charge in [0.15, 0.2) is 0 Å². The highest BCUT2D eigenvalue weighted by Crippen LogP contribution is 2.19. The summed E-state index contributed by atoms with van der Waals surface area (Å²) in [5.74, 6) is 0.665. The first-order valence-corrected chi connectivity index (χ1v) is 6.34. The summed E-state index contributed by atoms with van der Waals surface area (Å²) in [6.07, 6.45) is -0.0567. The quantitative estimate of drug-likeness (QED) is 0.872. The van der Waals surface area contributed by atoms with Crippen LogP contribution in [0.3, 0.4) is 0 Å². The number of fused-ring (bicyclic) bond motifs is 1. The first-order chi connectivity index (χ1) is 9.78. The zero-order valence-corrected chi connectivity index (χ0v) is 11.6. The Morgan fingerprint density at radius 3 is 2.85 bits per heavy atom. The van der Waals surface area contributed by atoms with Crippen LogP contribution in [0.2, 0.25) is 0 Å². The van der Waals surface area contributed by atoms with Gasteiger partial charge in [-0.05, 0) is 12.1 Å². The molecular weight excluding hydrogens is 254 g/mol. The van der Waals surface area contributed by atoms with Crippen molar-refractivity contribution >= 4 is 16.7 Å². The zero-order chi connectivity index (χ0) is 14.4. The van der Waals surface area contributed by atoms with E-state index in [0.717, 1.165) is 10.9 Å². The summed E-state index contributed by atoms with van der Waals surface area (Å²) in [4.78, 5) is 4.49. The molecular formula is C15H17N3O2. The van der Waals surface area contributed by atoms with Crippen LogP contribution >= 0.6 is 0 Å². The summed E-state index contributed by atoms with van der Waals surface area (Å²) in [7, 11) is 3.27. The molecule has 5 nitrogen and oxygen atoms in total. The zero-order valence-electron chi connectivity index (χ0n) is 11.6. The lowest BCUT2D eigenvalue weighted by molar-refractivity contribution is 0.0365. The predicted octanol–water partition coefficient (Wildman–Crippen LogP) is 2.18. The van der Waals surface area contributed by atoms with Crippen molar-refractivity contribution < 1.29 is 9.47 Å². The van der Waals surface area contributed by atoms with Gasteiger partial charge in [-0.2, -0.15) is 5.26 Å². The third-order valence-electron chi connectivity index (χ3n) is 3.03. The molecule has 2 rings (SSSR count). The van der Waals surface area contributed by atoms with Crippen LogP contribution in [0.25, 0.3) is 10.9 Å². The number of hydrogen-bond donors (Lipinski definition) is 1. The Morgan fingerprint density at radius 2 is 2.15 bits per heavy atom. The molecule has 0 radical (unpaired) electrons. The molecule has 20 heavy (non-hydrogen) atoms. The van der Waals surface area contributed by atoms with E-state index in [9.17, 15) is 5.26 Å². The molecule has 0 saturated heterocycles. The van der Waals surface area contributed by atoms with Crippen molar-refractivity contribution in [3.8, 4) is 6.07 Å². The van der Waals surface area contributed by atoms with E-state index < -0.39 is 0 Å². The number of nitrogens with one attached hydrogen (secondary N) is 1. The van der Waals surface area contributed by atoms with Crippen molar-refractivity contribution in [3.05, 3.63) is 35.9 Å². The number of pyridine rings is 1. The van der Waals surface area contributed by atoms with Crippen molar-refractivity contribution in [2.24, 2.45) is 0 Å². The van der Waals surface area contributed by atoms with Gasteiger partial charge in [0.05, 0.1) is 29.9 Å². The highest BCUT2D eigenvalue weighted by atomic mass is 16.5. The van der Waals surface area contributed by atoms with Gasteiger partial charge < -0.3 is 14.8 Å². The van der Waals surface area contributed by atoms with Crippen molar-refractivity contribution in [1.29, 1.82) is 5.26 Å². The smallest absolute Gasteiger partial charge is 0.128 e. The van der Waals surface area contributed by atoms with E-state index in [1.165, 1.54) is 0 Å². The second kappa shape index (κ2) is 6.85. The van der Waals surface area contributed by atoms with E-state index in [1.807, 2.05) is 24.3 Å². The summed E-state index contributed by atoms with van der Waals surface area (Å²) >= 11 is 0. The maximum Gasteiger partial charge on any atom is 0.128 e. The van der Waals surface area contributed by atoms with E-state index in [-0.39, 0.29) is 6.10 Å². The highest BCUT2D eigenvalue weighted by molar-refractivity contribution is 5.86. The molecule has 0 bridgehead atoms. The Balaban J connectivity index is 2.21. The van der Waals surface area contributed by atoms with Crippen LogP contribution in [0.15, 0.2) is 30.3 Å². The lowest BCUT2D eigenvalue weighted by atomic mass is 10.1. The van der Waals surface area contributed by atoms with Crippen molar-refractivity contribution in [1.82, 2.24) is 4.98 Å². The summed E-state index contributed by atoms with van der Waals surface area (Å²) in [6.45, 7) is 1.07. The van der Waals surface area contributed by atoms with E-state index in [4.69, 9.17) is 9.47 Å². The molecule has 0 aliphatic rings. The van der Waals surface area contributed by atoms with Gasteiger partial charge in [-0.1, -0.05) is 18.2 Å². The normalized spacial score (nSPS) is 12.1. The van der Waals surface area contributed by atoms with Crippen molar-refractivity contribution in [3.63, 3.8) is 0 Å². The van der Waals surface area contributed by atoms with Crippen LogP contribution in [0, 0.1) is 11.3 Å². The Labute approximate surface area is 118 Å². The summed E-state index contributed by atoms with van der Waals surface area (Å²) in [6, 6.07) is 11.5. The summed E-state index contributed by atoms with van der Waals surface area (Å²) in [5, 5.41) is 13.3. The fraction of sp³-hybridized carbons (Fsp3) is 0.333. The molecule has 0 spiro atoms.